The van der Waals surface area contributed by atoms with Gasteiger partial charge in [0.05, 0.1) is 4.90 Å². The molecule has 100 valence electrons. The molecule has 0 spiro atoms. The number of hydrogen-bond acceptors (Lipinski definition) is 4. The van der Waals surface area contributed by atoms with Crippen LogP contribution in [0.3, 0.4) is 0 Å². The quantitative estimate of drug-likeness (QED) is 0.572. The summed E-state index contributed by atoms with van der Waals surface area (Å²) >= 11 is -1.98. The second-order valence-electron chi connectivity index (χ2n) is 4.20. The number of benzene rings is 1. The van der Waals surface area contributed by atoms with Gasteiger partial charge in [-0.05, 0) is 24.6 Å². The molecule has 1 unspecified atom stereocenters. The van der Waals surface area contributed by atoms with Gasteiger partial charge in [0, 0.05) is 26.3 Å². The van der Waals surface area contributed by atoms with Crippen LogP contribution < -0.4 is 5.46 Å². The summed E-state index contributed by atoms with van der Waals surface area (Å²) in [6.45, 7) is 2.86. The first-order chi connectivity index (χ1) is 8.66. The Morgan fingerprint density at radius 2 is 1.95 bits per heavy atom. The van der Waals surface area contributed by atoms with E-state index in [2.05, 4.69) is 4.90 Å². The Bertz CT molecular complexity index is 427. The van der Waals surface area contributed by atoms with Gasteiger partial charge in [0.2, 0.25) is 0 Å². The maximum absolute atomic E-state index is 11.0. The van der Waals surface area contributed by atoms with E-state index in [1.54, 1.807) is 18.2 Å². The Morgan fingerprint density at radius 3 is 2.53 bits per heavy atom. The third-order valence-corrected chi connectivity index (χ3v) is 3.47. The third kappa shape index (κ3) is 5.05. The molecule has 0 aliphatic carbocycles. The van der Waals surface area contributed by atoms with Crippen molar-refractivity contribution in [1.82, 2.24) is 4.90 Å². The second kappa shape index (κ2) is 8.22. The fourth-order valence-electron chi connectivity index (χ4n) is 1.75. The first kappa shape index (κ1) is 16.9. The van der Waals surface area contributed by atoms with E-state index in [9.17, 15) is 4.21 Å². The molecule has 1 heterocycles. The Morgan fingerprint density at radius 1 is 1.32 bits per heavy atom. The second-order valence-corrected chi connectivity index (χ2v) is 5.17. The average Bonchev–Trinajstić information content (AvgIpc) is 2.34. The van der Waals surface area contributed by atoms with E-state index in [4.69, 9.17) is 13.9 Å². The summed E-state index contributed by atoms with van der Waals surface area (Å²) < 4.78 is 31.3. The maximum atomic E-state index is 11.0. The fraction of sp³-hybridized carbons (Fsp3) is 0.455. The van der Waals surface area contributed by atoms with Crippen molar-refractivity contribution in [3.05, 3.63) is 24.3 Å². The van der Waals surface area contributed by atoms with Gasteiger partial charge >= 0.3 is 26.0 Å². The Labute approximate surface area is 128 Å². The summed E-state index contributed by atoms with van der Waals surface area (Å²) in [6.07, 6.45) is 0. The molecule has 1 aromatic rings. The van der Waals surface area contributed by atoms with Gasteiger partial charge in [-0.15, -0.1) is 0 Å². The Hall–Kier alpha value is -0.128. The van der Waals surface area contributed by atoms with Crippen LogP contribution in [0.2, 0.25) is 0 Å². The van der Waals surface area contributed by atoms with Crippen molar-refractivity contribution in [2.75, 3.05) is 33.4 Å². The van der Waals surface area contributed by atoms with Crippen LogP contribution >= 0.6 is 0 Å². The molecule has 0 bridgehead atoms. The Kier molecular flexibility index (Phi) is 7.33. The Balaban J connectivity index is 0.00000180. The van der Waals surface area contributed by atoms with Crippen molar-refractivity contribution in [3.8, 4) is 0 Å². The monoisotopic (exact) mass is 277 g/mol. The van der Waals surface area contributed by atoms with Crippen LogP contribution in [0.4, 0.5) is 0 Å². The van der Waals surface area contributed by atoms with Crippen LogP contribution in [0.5, 0.6) is 0 Å². The molecule has 5 nitrogen and oxygen atoms in total. The molecule has 0 aromatic heterocycles. The first-order valence-corrected chi connectivity index (χ1v) is 6.90. The van der Waals surface area contributed by atoms with E-state index >= 15 is 0 Å². The number of nitrogens with zero attached hydrogens (tertiary/aromatic N) is 1. The van der Waals surface area contributed by atoms with Gasteiger partial charge in [-0.2, -0.15) is 0 Å². The molecule has 1 aromatic carbocycles. The van der Waals surface area contributed by atoms with Gasteiger partial charge in [0.1, 0.15) is 0 Å². The molecule has 1 saturated heterocycles. The molecule has 8 heteroatoms. The predicted octanol–water partition coefficient (Wildman–Crippen LogP) is -0.707. The van der Waals surface area contributed by atoms with Crippen LogP contribution in [0.25, 0.3) is 0 Å². The molecule has 19 heavy (non-hydrogen) atoms. The zero-order valence-corrected chi connectivity index (χ0v) is 11.1. The predicted molar refractivity (Wildman–Crippen MR) is 77.4 cm³/mol. The standard InChI is InChI=1S/C11H16BNO4S.Li.H/c1-13-5-7-16-12(17-8-6-13)10-3-2-4-11(9-10)18(14)15;;/h2-4,9H,5-8H2,1H3,(H,14,15);;. The first-order valence-electron chi connectivity index (χ1n) is 5.79. The number of hydrogen-bond donors (Lipinski definition) is 1. The normalized spacial score (nSPS) is 19.2. The van der Waals surface area contributed by atoms with Crippen molar-refractivity contribution in [1.29, 1.82) is 0 Å². The summed E-state index contributed by atoms with van der Waals surface area (Å²) in [4.78, 5) is 2.49. The molecular weight excluding hydrogens is 260 g/mol. The van der Waals surface area contributed by atoms with Crippen LogP contribution in [0, 0.1) is 0 Å². The molecule has 1 N–H and O–H groups in total. The van der Waals surface area contributed by atoms with E-state index in [1.807, 2.05) is 13.1 Å². The van der Waals surface area contributed by atoms with Crippen LogP contribution in [-0.4, -0.2) is 73.0 Å². The van der Waals surface area contributed by atoms with Gasteiger partial charge in [0.25, 0.3) is 0 Å². The van der Waals surface area contributed by atoms with Crippen molar-refractivity contribution in [2.24, 2.45) is 0 Å². The van der Waals surface area contributed by atoms with Gasteiger partial charge in [-0.1, -0.05) is 12.1 Å². The van der Waals surface area contributed by atoms with E-state index in [-0.39, 0.29) is 18.9 Å². The topological polar surface area (TPSA) is 59.0 Å². The summed E-state index contributed by atoms with van der Waals surface area (Å²) in [6, 6.07) is 6.82. The van der Waals surface area contributed by atoms with Crippen LogP contribution in [0.15, 0.2) is 29.2 Å². The molecule has 1 aliphatic rings. The molecule has 1 atom stereocenters. The van der Waals surface area contributed by atoms with Gasteiger partial charge < -0.3 is 18.8 Å². The third-order valence-electron chi connectivity index (χ3n) is 2.82. The summed E-state index contributed by atoms with van der Waals surface area (Å²) in [7, 11) is 1.56. The molecule has 2 rings (SSSR count). The van der Waals surface area contributed by atoms with Crippen molar-refractivity contribution in [3.63, 3.8) is 0 Å². The van der Waals surface area contributed by atoms with Gasteiger partial charge in [-0.3, -0.25) is 0 Å². The molecule has 0 saturated carbocycles. The summed E-state index contributed by atoms with van der Waals surface area (Å²) in [5, 5.41) is 0. The fourth-order valence-corrected chi connectivity index (χ4v) is 2.19. The van der Waals surface area contributed by atoms with Gasteiger partial charge in [0.15, 0.2) is 11.1 Å². The molecule has 1 fully saturated rings. The average molecular weight is 277 g/mol. The van der Waals surface area contributed by atoms with Crippen molar-refractivity contribution >= 4 is 42.5 Å². The van der Waals surface area contributed by atoms with Crippen molar-refractivity contribution in [2.45, 2.75) is 4.90 Å². The summed E-state index contributed by atoms with van der Waals surface area (Å²) in [5.41, 5.74) is 0.777. The van der Waals surface area contributed by atoms with E-state index in [1.165, 1.54) is 0 Å². The van der Waals surface area contributed by atoms with Gasteiger partial charge in [-0.25, -0.2) is 4.21 Å². The number of likely N-dealkylation sites (N-methyl/N-ethyl adjacent to an activating group) is 1. The zero-order valence-electron chi connectivity index (χ0n) is 10.2. The van der Waals surface area contributed by atoms with E-state index in [0.717, 1.165) is 18.6 Å². The summed E-state index contributed by atoms with van der Waals surface area (Å²) in [5.74, 6) is 0. The molecule has 0 amide bonds. The molecular formula is C11H17BLiNO4S. The van der Waals surface area contributed by atoms with Crippen LogP contribution in [0.1, 0.15) is 0 Å². The zero-order chi connectivity index (χ0) is 13.0. The number of rotatable bonds is 2. The SMILES string of the molecule is CN1CCOB(c2cccc(S(=O)O)c2)OCC1.[LiH]. The molecule has 1 aliphatic heterocycles. The van der Waals surface area contributed by atoms with E-state index < -0.39 is 18.2 Å². The van der Waals surface area contributed by atoms with E-state index in [0.29, 0.717) is 18.1 Å². The van der Waals surface area contributed by atoms with Crippen LogP contribution in [-0.2, 0) is 20.4 Å². The minimum absolute atomic E-state index is 0. The minimum atomic E-state index is -1.98. The molecule has 0 radical (unpaired) electrons. The van der Waals surface area contributed by atoms with Crippen molar-refractivity contribution < 1.29 is 18.1 Å².